The third kappa shape index (κ3) is 14.9. The molecule has 17 heteroatoms. The fourth-order valence-corrected chi connectivity index (χ4v) is 8.34. The first kappa shape index (κ1) is 51.4. The van der Waals surface area contributed by atoms with Gasteiger partial charge in [-0.3, -0.25) is 19.2 Å². The molecule has 1 aromatic heterocycles. The van der Waals surface area contributed by atoms with Crippen molar-refractivity contribution in [3.63, 3.8) is 0 Å². The number of aliphatic carboxylic acids is 1. The van der Waals surface area contributed by atoms with Gasteiger partial charge >= 0.3 is 12.1 Å². The molecule has 1 heterocycles. The average Bonchev–Trinajstić information content (AvgIpc) is 3.64. The molecule has 0 saturated carbocycles. The van der Waals surface area contributed by atoms with Crippen LogP contribution in [0.15, 0.2) is 91.1 Å². The van der Waals surface area contributed by atoms with Gasteiger partial charge in [0.2, 0.25) is 23.6 Å². The van der Waals surface area contributed by atoms with Crippen molar-refractivity contribution in [3.8, 4) is 11.1 Å². The third-order valence-corrected chi connectivity index (χ3v) is 11.7. The number of amides is 5. The van der Waals surface area contributed by atoms with Gasteiger partial charge in [-0.2, -0.15) is 0 Å². The van der Waals surface area contributed by atoms with E-state index in [1.54, 1.807) is 55.3 Å². The maximum Gasteiger partial charge on any atom is 0.408 e. The Hall–Kier alpha value is -6.23. The van der Waals surface area contributed by atoms with Crippen LogP contribution in [0.2, 0.25) is 0 Å². The van der Waals surface area contributed by atoms with Crippen molar-refractivity contribution in [1.82, 2.24) is 25.0 Å². The molecular weight excluding hydrogens is 859 g/mol. The van der Waals surface area contributed by atoms with E-state index in [9.17, 15) is 38.3 Å². The maximum absolute atomic E-state index is 15.4. The van der Waals surface area contributed by atoms with Gasteiger partial charge in [-0.25, -0.2) is 18.4 Å². The summed E-state index contributed by atoms with van der Waals surface area (Å²) in [6, 6.07) is 19.1. The Bertz CT molecular complexity index is 2270. The predicted molar refractivity (Wildman–Crippen MR) is 245 cm³/mol. The highest BCUT2D eigenvalue weighted by Crippen LogP contribution is 2.41. The molecule has 5 amide bonds. The number of carboxylic acid groups (broad SMARTS) is 1. The summed E-state index contributed by atoms with van der Waals surface area (Å²) in [5, 5.41) is 14.8. The smallest absolute Gasteiger partial charge is 0.408 e. The lowest BCUT2D eigenvalue weighted by Gasteiger charge is -2.41. The largest absolute Gasteiger partial charge is 0.480 e. The summed E-state index contributed by atoms with van der Waals surface area (Å²) in [6.45, 7) is 12.1. The van der Waals surface area contributed by atoms with E-state index in [-0.39, 0.29) is 43.2 Å². The monoisotopic (exact) mass is 918 g/mol. The number of nitrogens with two attached hydrogens (primary N) is 1. The number of hydrogen-bond donors (Lipinski definition) is 4. The van der Waals surface area contributed by atoms with Gasteiger partial charge in [0, 0.05) is 55.3 Å². The highest BCUT2D eigenvalue weighted by molar-refractivity contribution is 8.00. The zero-order valence-corrected chi connectivity index (χ0v) is 38.7. The minimum atomic E-state index is -1.27. The predicted octanol–water partition coefficient (Wildman–Crippen LogP) is 6.76. The molecule has 4 atom stereocenters. The van der Waals surface area contributed by atoms with Crippen LogP contribution in [0.4, 0.5) is 13.6 Å². The molecule has 0 aliphatic carbocycles. The number of carbonyl (C=O) groups excluding carboxylic acids is 5. The Morgan fingerprint density at radius 1 is 0.862 bits per heavy atom. The van der Waals surface area contributed by atoms with E-state index in [0.29, 0.717) is 17.8 Å². The number of nitrogens with zero attached hydrogens (tertiary/aromatic N) is 3. The van der Waals surface area contributed by atoms with E-state index in [1.807, 2.05) is 61.7 Å². The zero-order chi connectivity index (χ0) is 48.0. The molecule has 4 rings (SSSR count). The minimum Gasteiger partial charge on any atom is -0.480 e. The van der Waals surface area contributed by atoms with Crippen LogP contribution in [-0.4, -0.2) is 97.9 Å². The standard InChI is InChI=1S/C48H60F2N6O8S/c1-30(2)42(53-47(63)64-27-34-17-12-9-13-18-34)45(60)55(31(3)44(51)59)21-14-22-56(41(58)29-65-28-39(46(61)62)52-32(4)57)43(48(5,6)7)40-23-35(37-24-36(49)19-20-38(37)50)26-54(40)25-33-15-10-8-11-16-33/h8-13,15-20,23-24,26,30-31,39,42-43H,14,21-22,25,27-29H2,1-7H3,(H2,51,59)(H,52,57)(H,53,63)(H,61,62)/t31-,39-,42-,43-/m0/s1. The van der Waals surface area contributed by atoms with E-state index >= 15 is 4.39 Å². The molecule has 14 nitrogen and oxygen atoms in total. The fraction of sp³-hybridized carbons (Fsp3) is 0.417. The lowest BCUT2D eigenvalue weighted by molar-refractivity contribution is -0.141. The molecule has 0 fully saturated rings. The molecule has 0 radical (unpaired) electrons. The number of primary amides is 1. The van der Waals surface area contributed by atoms with Crippen molar-refractivity contribution in [1.29, 1.82) is 0 Å². The second kappa shape index (κ2) is 23.6. The van der Waals surface area contributed by atoms with Crippen molar-refractivity contribution in [2.24, 2.45) is 17.1 Å². The van der Waals surface area contributed by atoms with Crippen LogP contribution < -0.4 is 16.4 Å². The lowest BCUT2D eigenvalue weighted by Crippen LogP contribution is -2.56. The van der Waals surface area contributed by atoms with Crippen molar-refractivity contribution < 1.29 is 47.4 Å². The summed E-state index contributed by atoms with van der Waals surface area (Å²) in [7, 11) is 0. The van der Waals surface area contributed by atoms with Gasteiger partial charge in [-0.05, 0) is 60.1 Å². The number of ether oxygens (including phenoxy) is 1. The minimum absolute atomic E-state index is 0.0102. The Balaban J connectivity index is 1.74. The topological polar surface area (TPSA) is 193 Å². The molecule has 0 saturated heterocycles. The number of benzene rings is 3. The van der Waals surface area contributed by atoms with Gasteiger partial charge in [0.05, 0.1) is 11.8 Å². The summed E-state index contributed by atoms with van der Waals surface area (Å²) >= 11 is 1.01. The van der Waals surface area contributed by atoms with Crippen LogP contribution in [0, 0.1) is 23.0 Å². The molecule has 0 unspecified atom stereocenters. The van der Waals surface area contributed by atoms with Gasteiger partial charge in [-0.1, -0.05) is 95.3 Å². The normalized spacial score (nSPS) is 13.3. The summed E-state index contributed by atoms with van der Waals surface area (Å²) in [4.78, 5) is 81.3. The van der Waals surface area contributed by atoms with Crippen LogP contribution in [0.1, 0.15) is 77.7 Å². The van der Waals surface area contributed by atoms with E-state index in [0.717, 1.165) is 41.1 Å². The number of rotatable bonds is 22. The molecule has 5 N–H and O–H groups in total. The van der Waals surface area contributed by atoms with Gasteiger partial charge in [0.1, 0.15) is 36.4 Å². The number of carboxylic acids is 1. The van der Waals surface area contributed by atoms with Crippen LogP contribution in [0.5, 0.6) is 0 Å². The number of halogens is 2. The number of carbonyl (C=O) groups is 6. The Labute approximate surface area is 383 Å². The quantitative estimate of drug-likeness (QED) is 0.0659. The second-order valence-electron chi connectivity index (χ2n) is 17.2. The first-order chi connectivity index (χ1) is 30.7. The summed E-state index contributed by atoms with van der Waals surface area (Å²) in [5.41, 5.74) is 7.62. The van der Waals surface area contributed by atoms with Gasteiger partial charge in [0.15, 0.2) is 0 Å². The molecule has 0 bridgehead atoms. The van der Waals surface area contributed by atoms with E-state index in [2.05, 4.69) is 10.6 Å². The molecule has 0 aliphatic heterocycles. The number of alkyl carbamates (subject to hydrolysis) is 1. The van der Waals surface area contributed by atoms with E-state index < -0.39 is 82.8 Å². The van der Waals surface area contributed by atoms with Crippen LogP contribution >= 0.6 is 11.8 Å². The Morgan fingerprint density at radius 2 is 1.48 bits per heavy atom. The first-order valence-electron chi connectivity index (χ1n) is 21.3. The summed E-state index contributed by atoms with van der Waals surface area (Å²) < 4.78 is 37.3. The zero-order valence-electron chi connectivity index (χ0n) is 37.9. The molecule has 65 heavy (non-hydrogen) atoms. The van der Waals surface area contributed by atoms with E-state index in [1.165, 1.54) is 18.7 Å². The second-order valence-corrected chi connectivity index (χ2v) is 18.3. The molecular formula is C48H60F2N6O8S. The molecule has 4 aromatic rings. The van der Waals surface area contributed by atoms with Gasteiger partial charge in [-0.15, -0.1) is 11.8 Å². The SMILES string of the molecule is CC(=O)N[C@@H](CSCC(=O)N(CCCN(C(=O)[C@@H](NC(=O)OCc1ccccc1)C(C)C)[C@@H](C)C(N)=O)[C@@H](c1cc(-c2cc(F)ccc2F)cn1Cc1ccccc1)C(C)(C)C)C(=O)O. The number of aromatic nitrogens is 1. The number of hydrogen-bond acceptors (Lipinski definition) is 8. The Morgan fingerprint density at radius 3 is 2.05 bits per heavy atom. The Kier molecular flexibility index (Phi) is 18.7. The van der Waals surface area contributed by atoms with Crippen molar-refractivity contribution in [2.75, 3.05) is 24.6 Å². The lowest BCUT2D eigenvalue weighted by atomic mass is 9.83. The van der Waals surface area contributed by atoms with Crippen LogP contribution in [0.25, 0.3) is 11.1 Å². The van der Waals surface area contributed by atoms with Crippen LogP contribution in [-0.2, 0) is 41.9 Å². The third-order valence-electron chi connectivity index (χ3n) is 10.7. The summed E-state index contributed by atoms with van der Waals surface area (Å²) in [6.07, 6.45) is 0.971. The first-order valence-corrected chi connectivity index (χ1v) is 22.5. The molecule has 3 aromatic carbocycles. The highest BCUT2D eigenvalue weighted by Gasteiger charge is 2.39. The number of nitrogens with one attached hydrogen (secondary N) is 2. The highest BCUT2D eigenvalue weighted by atomic mass is 32.2. The van der Waals surface area contributed by atoms with Crippen molar-refractivity contribution in [2.45, 2.75) is 92.2 Å². The fourth-order valence-electron chi connectivity index (χ4n) is 7.42. The van der Waals surface area contributed by atoms with Gasteiger partial charge in [0.25, 0.3) is 0 Å². The van der Waals surface area contributed by atoms with E-state index in [4.69, 9.17) is 10.5 Å². The van der Waals surface area contributed by atoms with Gasteiger partial charge < -0.3 is 40.6 Å². The average molecular weight is 919 g/mol. The molecule has 0 spiro atoms. The number of thioether (sulfide) groups is 1. The molecule has 350 valence electrons. The molecule has 0 aliphatic rings. The van der Waals surface area contributed by atoms with Crippen LogP contribution in [0.3, 0.4) is 0 Å². The van der Waals surface area contributed by atoms with Crippen molar-refractivity contribution in [3.05, 3.63) is 120 Å². The summed E-state index contributed by atoms with van der Waals surface area (Å²) in [5.74, 6) is -5.71. The maximum atomic E-state index is 15.4. The van der Waals surface area contributed by atoms with Crippen molar-refractivity contribution >= 4 is 47.5 Å².